The molecule has 1 amide bonds. The van der Waals surface area contributed by atoms with Crippen molar-refractivity contribution in [3.05, 3.63) is 71.7 Å². The number of benzene rings is 1. The van der Waals surface area contributed by atoms with E-state index in [4.69, 9.17) is 4.98 Å². The summed E-state index contributed by atoms with van der Waals surface area (Å²) in [6.45, 7) is 4.95. The van der Waals surface area contributed by atoms with Gasteiger partial charge in [0.1, 0.15) is 11.6 Å². The normalized spacial score (nSPS) is 18.2. The second kappa shape index (κ2) is 7.57. The van der Waals surface area contributed by atoms with E-state index in [0.717, 1.165) is 48.7 Å². The molecule has 2 aliphatic rings. The fourth-order valence-electron chi connectivity index (χ4n) is 4.95. The van der Waals surface area contributed by atoms with Crippen LogP contribution in [0.3, 0.4) is 0 Å². The van der Waals surface area contributed by atoms with Crippen molar-refractivity contribution in [1.29, 1.82) is 0 Å². The monoisotopic (exact) mass is 419 g/mol. The molecule has 5 rings (SSSR count). The number of rotatable bonds is 2. The highest BCUT2D eigenvalue weighted by molar-refractivity contribution is 5.94. The molecular weight excluding hydrogens is 393 g/mol. The SMILES string of the molecule is Cc1ccc(C(=O)N2CCC3(CC2)c2ncc(-c4cccc(F)c4)n2CCN3C)cn1. The molecule has 0 bridgehead atoms. The van der Waals surface area contributed by atoms with Gasteiger partial charge in [0, 0.05) is 43.6 Å². The highest BCUT2D eigenvalue weighted by atomic mass is 19.1. The maximum Gasteiger partial charge on any atom is 0.255 e. The zero-order valence-electron chi connectivity index (χ0n) is 17.9. The Kier molecular flexibility index (Phi) is 4.85. The van der Waals surface area contributed by atoms with E-state index >= 15 is 0 Å². The van der Waals surface area contributed by atoms with Crippen LogP contribution in [0, 0.1) is 12.7 Å². The van der Waals surface area contributed by atoms with E-state index in [2.05, 4.69) is 21.5 Å². The summed E-state index contributed by atoms with van der Waals surface area (Å²) in [5, 5.41) is 0. The number of fused-ring (bicyclic) bond motifs is 2. The molecule has 0 unspecified atom stereocenters. The number of hydrogen-bond donors (Lipinski definition) is 0. The van der Waals surface area contributed by atoms with Gasteiger partial charge in [-0.05, 0) is 51.1 Å². The number of carbonyl (C=O) groups is 1. The Morgan fingerprint density at radius 2 is 1.84 bits per heavy atom. The second-order valence-corrected chi connectivity index (χ2v) is 8.56. The minimum Gasteiger partial charge on any atom is -0.338 e. The minimum atomic E-state index is -0.242. The van der Waals surface area contributed by atoms with E-state index in [9.17, 15) is 9.18 Å². The number of aromatic nitrogens is 3. The van der Waals surface area contributed by atoms with Gasteiger partial charge >= 0.3 is 0 Å². The summed E-state index contributed by atoms with van der Waals surface area (Å²) in [7, 11) is 2.14. The third-order valence-corrected chi connectivity index (χ3v) is 6.82. The summed E-state index contributed by atoms with van der Waals surface area (Å²) < 4.78 is 16.0. The Bertz CT molecular complexity index is 1120. The lowest BCUT2D eigenvalue weighted by Gasteiger charge is -2.49. The maximum atomic E-state index is 13.8. The number of aryl methyl sites for hydroxylation is 1. The molecule has 1 aromatic carbocycles. The fraction of sp³-hybridized carbons (Fsp3) is 0.375. The molecule has 0 atom stereocenters. The average Bonchev–Trinajstić information content (AvgIpc) is 3.22. The standard InChI is InChI=1S/C24H26FN5O/c1-17-6-7-19(15-26-17)22(31)29-10-8-24(9-11-29)23-27-16-21(30(23)13-12-28(24)2)18-4-3-5-20(25)14-18/h3-7,14-16H,8-13H2,1-2H3. The highest BCUT2D eigenvalue weighted by Crippen LogP contribution is 2.41. The van der Waals surface area contributed by atoms with Crippen LogP contribution in [0.2, 0.25) is 0 Å². The number of likely N-dealkylation sites (N-methyl/N-ethyl adjacent to an activating group) is 1. The van der Waals surface area contributed by atoms with Gasteiger partial charge in [-0.2, -0.15) is 0 Å². The lowest BCUT2D eigenvalue weighted by Crippen LogP contribution is -2.57. The number of nitrogens with zero attached hydrogens (tertiary/aromatic N) is 5. The number of pyridine rings is 1. The van der Waals surface area contributed by atoms with Crippen molar-refractivity contribution in [3.63, 3.8) is 0 Å². The summed E-state index contributed by atoms with van der Waals surface area (Å²) in [4.78, 5) is 26.3. The smallest absolute Gasteiger partial charge is 0.255 e. The molecule has 1 fully saturated rings. The molecule has 3 aromatic rings. The Labute approximate surface area is 181 Å². The lowest BCUT2D eigenvalue weighted by atomic mass is 9.83. The van der Waals surface area contributed by atoms with E-state index < -0.39 is 0 Å². The molecule has 7 heteroatoms. The van der Waals surface area contributed by atoms with Gasteiger partial charge in [-0.25, -0.2) is 9.37 Å². The Morgan fingerprint density at radius 1 is 1.03 bits per heavy atom. The molecule has 0 radical (unpaired) electrons. The van der Waals surface area contributed by atoms with E-state index in [1.54, 1.807) is 18.3 Å². The Balaban J connectivity index is 1.41. The zero-order chi connectivity index (χ0) is 21.6. The maximum absolute atomic E-state index is 13.8. The van der Waals surface area contributed by atoms with Crippen molar-refractivity contribution >= 4 is 5.91 Å². The van der Waals surface area contributed by atoms with Crippen LogP contribution in [-0.4, -0.2) is 56.9 Å². The Hall–Kier alpha value is -3.06. The third-order valence-electron chi connectivity index (χ3n) is 6.82. The molecule has 160 valence electrons. The van der Waals surface area contributed by atoms with Gasteiger partial charge in [-0.1, -0.05) is 12.1 Å². The molecule has 0 N–H and O–H groups in total. The number of piperidine rings is 1. The molecule has 2 aromatic heterocycles. The first-order valence-corrected chi connectivity index (χ1v) is 10.7. The molecule has 0 saturated carbocycles. The molecule has 31 heavy (non-hydrogen) atoms. The first-order chi connectivity index (χ1) is 15.0. The van der Waals surface area contributed by atoms with E-state index in [0.29, 0.717) is 18.7 Å². The van der Waals surface area contributed by atoms with Crippen molar-refractivity contribution in [1.82, 2.24) is 24.3 Å². The van der Waals surface area contributed by atoms with Crippen LogP contribution in [-0.2, 0) is 12.1 Å². The highest BCUT2D eigenvalue weighted by Gasteiger charge is 2.46. The lowest BCUT2D eigenvalue weighted by molar-refractivity contribution is 0.0101. The van der Waals surface area contributed by atoms with Crippen LogP contribution in [0.1, 0.15) is 34.7 Å². The molecule has 0 aliphatic carbocycles. The van der Waals surface area contributed by atoms with Gasteiger partial charge in [0.2, 0.25) is 0 Å². The van der Waals surface area contributed by atoms with Crippen LogP contribution in [0.25, 0.3) is 11.3 Å². The van der Waals surface area contributed by atoms with Crippen LogP contribution in [0.15, 0.2) is 48.8 Å². The summed E-state index contributed by atoms with van der Waals surface area (Å²) in [5.41, 5.74) is 3.11. The van der Waals surface area contributed by atoms with Crippen molar-refractivity contribution in [3.8, 4) is 11.3 Å². The van der Waals surface area contributed by atoms with Gasteiger partial charge < -0.3 is 9.47 Å². The molecule has 1 saturated heterocycles. The first-order valence-electron chi connectivity index (χ1n) is 10.7. The summed E-state index contributed by atoms with van der Waals surface area (Å²) in [5.74, 6) is 0.808. The molecule has 6 nitrogen and oxygen atoms in total. The van der Waals surface area contributed by atoms with Gasteiger partial charge in [-0.15, -0.1) is 0 Å². The fourth-order valence-corrected chi connectivity index (χ4v) is 4.95. The number of hydrogen-bond acceptors (Lipinski definition) is 4. The summed E-state index contributed by atoms with van der Waals surface area (Å²) in [6.07, 6.45) is 5.15. The number of likely N-dealkylation sites (tertiary alicyclic amines) is 1. The van der Waals surface area contributed by atoms with Crippen molar-refractivity contribution < 1.29 is 9.18 Å². The summed E-state index contributed by atoms with van der Waals surface area (Å²) >= 11 is 0. The number of imidazole rings is 1. The van der Waals surface area contributed by atoms with E-state index in [1.165, 1.54) is 6.07 Å². The van der Waals surface area contributed by atoms with Crippen LogP contribution < -0.4 is 0 Å². The van der Waals surface area contributed by atoms with E-state index in [1.807, 2.05) is 36.2 Å². The second-order valence-electron chi connectivity index (χ2n) is 8.56. The number of halogens is 1. The van der Waals surface area contributed by atoms with Crippen LogP contribution in [0.4, 0.5) is 4.39 Å². The number of amides is 1. The van der Waals surface area contributed by atoms with Crippen LogP contribution in [0.5, 0.6) is 0 Å². The topological polar surface area (TPSA) is 54.3 Å². The minimum absolute atomic E-state index is 0.0320. The van der Waals surface area contributed by atoms with Gasteiger partial charge in [0.05, 0.1) is 23.0 Å². The largest absolute Gasteiger partial charge is 0.338 e. The van der Waals surface area contributed by atoms with Gasteiger partial charge in [0.15, 0.2) is 0 Å². The zero-order valence-corrected chi connectivity index (χ0v) is 17.9. The van der Waals surface area contributed by atoms with Crippen molar-refractivity contribution in [2.24, 2.45) is 0 Å². The number of carbonyl (C=O) groups excluding carboxylic acids is 1. The van der Waals surface area contributed by atoms with Gasteiger partial charge in [-0.3, -0.25) is 14.7 Å². The molecule has 2 aliphatic heterocycles. The van der Waals surface area contributed by atoms with E-state index in [-0.39, 0.29) is 17.3 Å². The van der Waals surface area contributed by atoms with Crippen molar-refractivity contribution in [2.45, 2.75) is 31.8 Å². The quantitative estimate of drug-likeness (QED) is 0.638. The predicted octanol–water partition coefficient (Wildman–Crippen LogP) is 3.47. The summed E-state index contributed by atoms with van der Waals surface area (Å²) in [6, 6.07) is 10.4. The third kappa shape index (κ3) is 3.33. The predicted molar refractivity (Wildman–Crippen MR) is 116 cm³/mol. The van der Waals surface area contributed by atoms with Gasteiger partial charge in [0.25, 0.3) is 5.91 Å². The average molecular weight is 420 g/mol. The first kappa shape index (κ1) is 19.9. The van der Waals surface area contributed by atoms with Crippen molar-refractivity contribution in [2.75, 3.05) is 26.7 Å². The Morgan fingerprint density at radius 3 is 2.55 bits per heavy atom. The molecular formula is C24H26FN5O. The van der Waals surface area contributed by atoms with Crippen LogP contribution >= 0.6 is 0 Å². The molecule has 1 spiro atoms. The molecule has 4 heterocycles.